The average molecular weight is 321 g/mol. The van der Waals surface area contributed by atoms with Gasteiger partial charge in [-0.2, -0.15) is 0 Å². The molecule has 0 radical (unpaired) electrons. The zero-order valence-electron chi connectivity index (χ0n) is 12.0. The van der Waals surface area contributed by atoms with E-state index in [1.807, 2.05) is 13.8 Å². The Morgan fingerprint density at radius 2 is 2.10 bits per heavy atom. The van der Waals surface area contributed by atoms with E-state index in [1.54, 1.807) is 12.1 Å². The van der Waals surface area contributed by atoms with E-state index in [9.17, 15) is 8.42 Å². The number of hydrogen-bond donors (Lipinski definition) is 2. The molecule has 0 atom stereocenters. The summed E-state index contributed by atoms with van der Waals surface area (Å²) in [6.07, 6.45) is 2.29. The first-order valence-corrected chi connectivity index (χ1v) is 9.06. The van der Waals surface area contributed by atoms with Crippen LogP contribution in [-0.4, -0.2) is 39.4 Å². The number of nitrogens with one attached hydrogen (secondary N) is 1. The van der Waals surface area contributed by atoms with Crippen LogP contribution in [0.15, 0.2) is 16.3 Å². The predicted molar refractivity (Wildman–Crippen MR) is 80.6 cm³/mol. The fourth-order valence-corrected chi connectivity index (χ4v) is 4.03. The summed E-state index contributed by atoms with van der Waals surface area (Å²) >= 11 is 1.20. The lowest BCUT2D eigenvalue weighted by molar-refractivity contribution is 0.0762. The van der Waals surface area contributed by atoms with Crippen LogP contribution in [0, 0.1) is 0 Å². The van der Waals surface area contributed by atoms with Crippen LogP contribution in [0.5, 0.6) is 0 Å². The Hall–Kier alpha value is -0.470. The Balaban J connectivity index is 2.33. The molecule has 1 heterocycles. The Morgan fingerprint density at radius 3 is 2.75 bits per heavy atom. The highest BCUT2D eigenvalue weighted by molar-refractivity contribution is 7.91. The third-order valence-electron chi connectivity index (χ3n) is 2.57. The topological polar surface area (TPSA) is 75.6 Å². The minimum absolute atomic E-state index is 0.0310. The van der Waals surface area contributed by atoms with Gasteiger partial charge in [-0.1, -0.05) is 0 Å². The molecule has 7 heteroatoms. The van der Waals surface area contributed by atoms with Crippen molar-refractivity contribution in [1.29, 1.82) is 0 Å². The summed E-state index contributed by atoms with van der Waals surface area (Å²) in [5.41, 5.74) is 0. The molecule has 0 unspecified atom stereocenters. The largest absolute Gasteiger partial charge is 0.396 e. The summed E-state index contributed by atoms with van der Waals surface area (Å²) in [7, 11) is -3.42. The normalized spacial score (nSPS) is 12.2. The summed E-state index contributed by atoms with van der Waals surface area (Å²) < 4.78 is 32.3. The van der Waals surface area contributed by atoms with Crippen LogP contribution in [0.4, 0.5) is 0 Å². The van der Waals surface area contributed by atoms with Crippen molar-refractivity contribution < 1.29 is 18.3 Å². The van der Waals surface area contributed by atoms with E-state index in [-0.39, 0.29) is 12.7 Å². The van der Waals surface area contributed by atoms with Crippen LogP contribution in [0.3, 0.4) is 0 Å². The number of unbranched alkanes of at least 4 members (excludes halogenated alkanes) is 1. The molecule has 0 aliphatic heterocycles. The molecule has 0 spiro atoms. The summed E-state index contributed by atoms with van der Waals surface area (Å²) in [4.78, 5) is 0.873. The van der Waals surface area contributed by atoms with Crippen molar-refractivity contribution in [3.63, 3.8) is 0 Å². The van der Waals surface area contributed by atoms with Crippen LogP contribution >= 0.6 is 11.3 Å². The summed E-state index contributed by atoms with van der Waals surface area (Å²) in [5, 5.41) is 8.82. The first-order chi connectivity index (χ1) is 9.45. The third kappa shape index (κ3) is 6.32. The van der Waals surface area contributed by atoms with Gasteiger partial charge in [-0.25, -0.2) is 13.1 Å². The van der Waals surface area contributed by atoms with Crippen LogP contribution in [0.25, 0.3) is 0 Å². The zero-order chi connectivity index (χ0) is 15.0. The Bertz CT molecular complexity index is 482. The van der Waals surface area contributed by atoms with Gasteiger partial charge in [-0.05, 0) is 38.8 Å². The summed E-state index contributed by atoms with van der Waals surface area (Å²) in [6.45, 7) is 5.05. The van der Waals surface area contributed by atoms with Gasteiger partial charge in [-0.15, -0.1) is 11.3 Å². The molecule has 1 aromatic heterocycles. The van der Waals surface area contributed by atoms with E-state index >= 15 is 0 Å². The fraction of sp³-hybridized carbons (Fsp3) is 0.692. The van der Waals surface area contributed by atoms with Crippen molar-refractivity contribution in [3.05, 3.63) is 17.0 Å². The van der Waals surface area contributed by atoms with Crippen molar-refractivity contribution in [2.75, 3.05) is 19.8 Å². The maximum atomic E-state index is 12.0. The van der Waals surface area contributed by atoms with E-state index in [4.69, 9.17) is 9.84 Å². The molecular weight excluding hydrogens is 298 g/mol. The van der Waals surface area contributed by atoms with E-state index in [0.29, 0.717) is 23.8 Å². The second-order valence-electron chi connectivity index (χ2n) is 4.72. The van der Waals surface area contributed by atoms with Crippen molar-refractivity contribution in [2.24, 2.45) is 0 Å². The van der Waals surface area contributed by atoms with Crippen LogP contribution in [0.1, 0.15) is 31.6 Å². The van der Waals surface area contributed by atoms with Crippen LogP contribution in [-0.2, 0) is 21.2 Å². The highest BCUT2D eigenvalue weighted by Crippen LogP contribution is 2.21. The first-order valence-electron chi connectivity index (χ1n) is 6.76. The van der Waals surface area contributed by atoms with Crippen molar-refractivity contribution in [1.82, 2.24) is 4.72 Å². The molecule has 0 aliphatic carbocycles. The summed E-state index contributed by atoms with van der Waals surface area (Å²) in [6, 6.07) is 3.33. The maximum absolute atomic E-state index is 12.0. The molecule has 2 N–H and O–H groups in total. The second-order valence-corrected chi connectivity index (χ2v) is 7.88. The monoisotopic (exact) mass is 321 g/mol. The standard InChI is InChI=1S/C13H23NO4S2/c1-11(2)18-10-4-3-8-14-20(16,17)13-6-5-12(19-13)7-9-15/h5-6,11,14-15H,3-4,7-10H2,1-2H3. The molecule has 0 aromatic carbocycles. The lowest BCUT2D eigenvalue weighted by atomic mass is 10.3. The maximum Gasteiger partial charge on any atom is 0.250 e. The highest BCUT2D eigenvalue weighted by Gasteiger charge is 2.15. The average Bonchev–Trinajstić information content (AvgIpc) is 2.83. The van der Waals surface area contributed by atoms with Gasteiger partial charge >= 0.3 is 0 Å². The molecule has 0 fully saturated rings. The first kappa shape index (κ1) is 17.6. The smallest absolute Gasteiger partial charge is 0.250 e. The van der Waals surface area contributed by atoms with Gasteiger partial charge in [0, 0.05) is 31.1 Å². The minimum Gasteiger partial charge on any atom is -0.396 e. The number of aliphatic hydroxyl groups is 1. The quantitative estimate of drug-likeness (QED) is 0.644. The number of thiophene rings is 1. The Labute approximate surface area is 125 Å². The molecule has 0 bridgehead atoms. The van der Waals surface area contributed by atoms with Crippen LogP contribution < -0.4 is 4.72 Å². The molecule has 5 nitrogen and oxygen atoms in total. The molecule has 116 valence electrons. The van der Waals surface area contributed by atoms with E-state index in [0.717, 1.165) is 17.7 Å². The Morgan fingerprint density at radius 1 is 1.35 bits per heavy atom. The van der Waals surface area contributed by atoms with Gasteiger partial charge in [0.1, 0.15) is 4.21 Å². The van der Waals surface area contributed by atoms with E-state index in [2.05, 4.69) is 4.72 Å². The number of rotatable bonds is 10. The molecule has 1 rings (SSSR count). The van der Waals surface area contributed by atoms with Gasteiger partial charge in [0.15, 0.2) is 0 Å². The Kier molecular flexibility index (Phi) is 7.68. The minimum atomic E-state index is -3.42. The number of aliphatic hydroxyl groups excluding tert-OH is 1. The predicted octanol–water partition coefficient (Wildman–Crippen LogP) is 1.77. The van der Waals surface area contributed by atoms with E-state index in [1.165, 1.54) is 11.3 Å². The zero-order valence-corrected chi connectivity index (χ0v) is 13.6. The van der Waals surface area contributed by atoms with Gasteiger partial charge in [0.25, 0.3) is 0 Å². The van der Waals surface area contributed by atoms with Gasteiger partial charge in [0.2, 0.25) is 10.0 Å². The molecule has 0 saturated heterocycles. The third-order valence-corrected chi connectivity index (χ3v) is 5.67. The molecule has 0 saturated carbocycles. The van der Waals surface area contributed by atoms with Crippen molar-refractivity contribution >= 4 is 21.4 Å². The lowest BCUT2D eigenvalue weighted by Gasteiger charge is -2.07. The molecule has 0 amide bonds. The fourth-order valence-electron chi connectivity index (χ4n) is 1.57. The van der Waals surface area contributed by atoms with Gasteiger partial charge in [0.05, 0.1) is 6.10 Å². The second kappa shape index (κ2) is 8.74. The lowest BCUT2D eigenvalue weighted by Crippen LogP contribution is -2.24. The van der Waals surface area contributed by atoms with E-state index < -0.39 is 10.0 Å². The van der Waals surface area contributed by atoms with Crippen molar-refractivity contribution in [2.45, 2.75) is 43.4 Å². The molecule has 0 aliphatic rings. The molecular formula is C13H23NO4S2. The summed E-state index contributed by atoms with van der Waals surface area (Å²) in [5.74, 6) is 0. The van der Waals surface area contributed by atoms with Crippen molar-refractivity contribution in [3.8, 4) is 0 Å². The van der Waals surface area contributed by atoms with Gasteiger partial charge in [-0.3, -0.25) is 0 Å². The van der Waals surface area contributed by atoms with Gasteiger partial charge < -0.3 is 9.84 Å². The highest BCUT2D eigenvalue weighted by atomic mass is 32.2. The SMILES string of the molecule is CC(C)OCCCCNS(=O)(=O)c1ccc(CCO)s1. The molecule has 20 heavy (non-hydrogen) atoms. The molecule has 1 aromatic rings. The number of ether oxygens (including phenoxy) is 1. The number of hydrogen-bond acceptors (Lipinski definition) is 5. The number of sulfonamides is 1. The van der Waals surface area contributed by atoms with Crippen LogP contribution in [0.2, 0.25) is 0 Å².